The van der Waals surface area contributed by atoms with Gasteiger partial charge in [-0.15, -0.1) is 13.2 Å². The molecule has 3 N–H and O–H groups in total. The zero-order valence-corrected chi connectivity index (χ0v) is 14.1. The van der Waals surface area contributed by atoms with E-state index < -0.39 is 18.4 Å². The molecule has 1 aliphatic heterocycles. The minimum absolute atomic E-state index is 0.0703. The zero-order chi connectivity index (χ0) is 19.7. The number of nitrogens with zero attached hydrogens (tertiary/aromatic N) is 1. The van der Waals surface area contributed by atoms with E-state index in [1.54, 1.807) is 6.07 Å². The van der Waals surface area contributed by atoms with Gasteiger partial charge in [0.25, 0.3) is 6.47 Å². The summed E-state index contributed by atoms with van der Waals surface area (Å²) in [7, 11) is 1.87. The Morgan fingerprint density at radius 2 is 2.12 bits per heavy atom. The molecule has 0 saturated carbocycles. The van der Waals surface area contributed by atoms with Crippen LogP contribution < -0.4 is 10.1 Å². The van der Waals surface area contributed by atoms with E-state index in [2.05, 4.69) is 10.1 Å². The molecule has 1 heterocycles. The fourth-order valence-electron chi connectivity index (χ4n) is 2.53. The van der Waals surface area contributed by atoms with Crippen molar-refractivity contribution in [1.82, 2.24) is 10.2 Å². The Morgan fingerprint density at radius 1 is 1.46 bits per heavy atom. The smallest absolute Gasteiger partial charge is 0.483 e. The molecule has 0 aliphatic carbocycles. The highest BCUT2D eigenvalue weighted by Gasteiger charge is 2.32. The number of hydrogen-bond acceptors (Lipinski definition) is 5. The lowest BCUT2D eigenvalue weighted by atomic mass is 9.94. The molecule has 0 bridgehead atoms. The SMILES string of the molecule is CN1CC[C@H](O)[C@H](C(=O)NCc2cccc(OC(F)(F)F)c2)C1.O=CO. The molecule has 146 valence electrons. The first-order valence-electron chi connectivity index (χ1n) is 7.73. The van der Waals surface area contributed by atoms with Crippen molar-refractivity contribution >= 4 is 12.4 Å². The van der Waals surface area contributed by atoms with Crippen molar-refractivity contribution in [3.8, 4) is 5.75 Å². The minimum atomic E-state index is -4.75. The molecule has 1 fully saturated rings. The number of benzene rings is 1. The van der Waals surface area contributed by atoms with Crippen LogP contribution >= 0.6 is 0 Å². The minimum Gasteiger partial charge on any atom is -0.483 e. The van der Waals surface area contributed by atoms with Crippen molar-refractivity contribution < 1.29 is 37.7 Å². The molecule has 0 radical (unpaired) electrons. The topological polar surface area (TPSA) is 99.1 Å². The molecule has 0 spiro atoms. The summed E-state index contributed by atoms with van der Waals surface area (Å²) >= 11 is 0. The lowest BCUT2D eigenvalue weighted by Gasteiger charge is -2.32. The number of carbonyl (C=O) groups is 2. The molecule has 2 rings (SSSR count). The van der Waals surface area contributed by atoms with E-state index in [0.29, 0.717) is 18.5 Å². The van der Waals surface area contributed by atoms with Crippen LogP contribution in [0.25, 0.3) is 0 Å². The van der Waals surface area contributed by atoms with Crippen LogP contribution in [-0.4, -0.2) is 60.1 Å². The van der Waals surface area contributed by atoms with Gasteiger partial charge in [-0.1, -0.05) is 12.1 Å². The average molecular weight is 378 g/mol. The molecule has 1 saturated heterocycles. The second-order valence-electron chi connectivity index (χ2n) is 5.74. The molecule has 0 unspecified atom stereocenters. The molecule has 1 aromatic rings. The maximum Gasteiger partial charge on any atom is 0.573 e. The van der Waals surface area contributed by atoms with Crippen molar-refractivity contribution in [2.45, 2.75) is 25.4 Å². The number of carboxylic acid groups (broad SMARTS) is 1. The number of aliphatic hydroxyl groups is 1. The average Bonchev–Trinajstić information content (AvgIpc) is 2.54. The Bertz CT molecular complexity index is 597. The van der Waals surface area contributed by atoms with Crippen LogP contribution in [-0.2, 0) is 16.1 Å². The predicted molar refractivity (Wildman–Crippen MR) is 85.3 cm³/mol. The van der Waals surface area contributed by atoms with Gasteiger partial charge in [-0.3, -0.25) is 9.59 Å². The summed E-state index contributed by atoms with van der Waals surface area (Å²) in [6.07, 6.45) is -4.94. The maximum atomic E-state index is 12.2. The molecule has 1 aromatic carbocycles. The van der Waals surface area contributed by atoms with Gasteiger partial charge in [0.2, 0.25) is 5.91 Å². The number of nitrogens with one attached hydrogen (secondary N) is 1. The molecule has 10 heteroatoms. The van der Waals surface area contributed by atoms with Gasteiger partial charge in [-0.05, 0) is 31.2 Å². The second-order valence-corrected chi connectivity index (χ2v) is 5.74. The van der Waals surface area contributed by atoms with E-state index in [1.165, 1.54) is 18.2 Å². The Labute approximate surface area is 148 Å². The van der Waals surface area contributed by atoms with Gasteiger partial charge in [0.1, 0.15) is 5.75 Å². The second kappa shape index (κ2) is 9.97. The molecular weight excluding hydrogens is 357 g/mol. The predicted octanol–water partition coefficient (Wildman–Crippen LogP) is 1.21. The van der Waals surface area contributed by atoms with Crippen LogP contribution in [0.2, 0.25) is 0 Å². The molecule has 26 heavy (non-hydrogen) atoms. The van der Waals surface area contributed by atoms with Gasteiger partial charge >= 0.3 is 6.36 Å². The van der Waals surface area contributed by atoms with E-state index >= 15 is 0 Å². The number of amides is 1. The molecule has 2 atom stereocenters. The van der Waals surface area contributed by atoms with Crippen LogP contribution in [0.3, 0.4) is 0 Å². The van der Waals surface area contributed by atoms with Crippen LogP contribution in [0.4, 0.5) is 13.2 Å². The highest BCUT2D eigenvalue weighted by Crippen LogP contribution is 2.23. The standard InChI is InChI=1S/C15H19F3N2O3.CH2O2/c1-20-6-5-13(21)12(9-20)14(22)19-8-10-3-2-4-11(7-10)23-15(16,17)18;2-1-3/h2-4,7,12-13,21H,5-6,8-9H2,1H3,(H,19,22);1H,(H,2,3)/t12-,13+;/m1./s1. The number of likely N-dealkylation sites (tertiary alicyclic amines) is 1. The number of rotatable bonds is 4. The van der Waals surface area contributed by atoms with Crippen LogP contribution in [0, 0.1) is 5.92 Å². The van der Waals surface area contributed by atoms with Crippen molar-refractivity contribution in [1.29, 1.82) is 0 Å². The third-order valence-corrected chi connectivity index (χ3v) is 3.71. The van der Waals surface area contributed by atoms with Crippen LogP contribution in [0.5, 0.6) is 5.75 Å². The van der Waals surface area contributed by atoms with Gasteiger partial charge < -0.3 is 25.2 Å². The lowest BCUT2D eigenvalue weighted by molar-refractivity contribution is -0.274. The molecule has 7 nitrogen and oxygen atoms in total. The molecule has 1 amide bonds. The van der Waals surface area contributed by atoms with Gasteiger partial charge in [-0.2, -0.15) is 0 Å². The number of piperidine rings is 1. The van der Waals surface area contributed by atoms with Gasteiger partial charge in [0.15, 0.2) is 0 Å². The zero-order valence-electron chi connectivity index (χ0n) is 14.1. The van der Waals surface area contributed by atoms with Crippen LogP contribution in [0.1, 0.15) is 12.0 Å². The number of hydrogen-bond donors (Lipinski definition) is 3. The normalized spacial score (nSPS) is 20.5. The van der Waals surface area contributed by atoms with E-state index in [-0.39, 0.29) is 24.7 Å². The van der Waals surface area contributed by atoms with E-state index in [0.717, 1.165) is 6.54 Å². The Balaban J connectivity index is 0.00000105. The quantitative estimate of drug-likeness (QED) is 0.682. The molecule has 1 aliphatic rings. The fourth-order valence-corrected chi connectivity index (χ4v) is 2.53. The van der Waals surface area contributed by atoms with Crippen molar-refractivity contribution in [2.75, 3.05) is 20.1 Å². The number of halogens is 3. The number of ether oxygens (including phenoxy) is 1. The third-order valence-electron chi connectivity index (χ3n) is 3.71. The third kappa shape index (κ3) is 7.70. The van der Waals surface area contributed by atoms with E-state index in [9.17, 15) is 23.1 Å². The Kier molecular flexibility index (Phi) is 8.33. The molecular formula is C16H21F3N2O5. The lowest BCUT2D eigenvalue weighted by Crippen LogP contribution is -2.48. The Morgan fingerprint density at radius 3 is 2.73 bits per heavy atom. The van der Waals surface area contributed by atoms with E-state index in [1.807, 2.05) is 11.9 Å². The van der Waals surface area contributed by atoms with E-state index in [4.69, 9.17) is 9.90 Å². The summed E-state index contributed by atoms with van der Waals surface area (Å²) in [5.74, 6) is -1.18. The highest BCUT2D eigenvalue weighted by atomic mass is 19.4. The van der Waals surface area contributed by atoms with Crippen molar-refractivity contribution in [3.63, 3.8) is 0 Å². The summed E-state index contributed by atoms with van der Waals surface area (Å²) in [5.41, 5.74) is 0.485. The summed E-state index contributed by atoms with van der Waals surface area (Å²) in [6, 6.07) is 5.43. The summed E-state index contributed by atoms with van der Waals surface area (Å²) in [4.78, 5) is 22.4. The number of carbonyl (C=O) groups excluding carboxylic acids is 1. The monoisotopic (exact) mass is 378 g/mol. The number of aliphatic hydroxyl groups excluding tert-OH is 1. The maximum absolute atomic E-state index is 12.2. The van der Waals surface area contributed by atoms with Crippen LogP contribution in [0.15, 0.2) is 24.3 Å². The summed E-state index contributed by atoms with van der Waals surface area (Å²) < 4.78 is 40.4. The molecule has 0 aromatic heterocycles. The first-order valence-corrected chi connectivity index (χ1v) is 7.73. The van der Waals surface area contributed by atoms with Gasteiger partial charge in [-0.25, -0.2) is 0 Å². The van der Waals surface area contributed by atoms with Gasteiger partial charge in [0.05, 0.1) is 12.0 Å². The first kappa shape index (κ1) is 21.7. The first-order chi connectivity index (χ1) is 12.2. The highest BCUT2D eigenvalue weighted by molar-refractivity contribution is 5.79. The van der Waals surface area contributed by atoms with Crippen molar-refractivity contribution in [2.24, 2.45) is 5.92 Å². The van der Waals surface area contributed by atoms with Crippen molar-refractivity contribution in [3.05, 3.63) is 29.8 Å². The summed E-state index contributed by atoms with van der Waals surface area (Å²) in [6.45, 7) is 0.993. The number of alkyl halides is 3. The fraction of sp³-hybridized carbons (Fsp3) is 0.500. The largest absolute Gasteiger partial charge is 0.573 e. The Hall–Kier alpha value is -2.33. The summed E-state index contributed by atoms with van der Waals surface area (Å²) in [5, 5.41) is 19.4. The van der Waals surface area contributed by atoms with Gasteiger partial charge in [0, 0.05) is 19.6 Å².